The number of halogens is 3. The van der Waals surface area contributed by atoms with Crippen LogP contribution < -0.4 is 5.32 Å². The first-order valence-electron chi connectivity index (χ1n) is 7.71. The number of aryl methyl sites for hydroxylation is 1. The maximum Gasteiger partial charge on any atom is 0.405 e. The van der Waals surface area contributed by atoms with E-state index in [2.05, 4.69) is 9.97 Å². The van der Waals surface area contributed by atoms with Crippen LogP contribution in [0, 0.1) is 11.3 Å². The molecule has 2 rings (SSSR count). The van der Waals surface area contributed by atoms with Crippen LogP contribution in [-0.2, 0) is 16.0 Å². The molecule has 1 aromatic rings. The highest BCUT2D eigenvalue weighted by Gasteiger charge is 2.39. The second kappa shape index (κ2) is 8.27. The van der Waals surface area contributed by atoms with Crippen LogP contribution in [0.1, 0.15) is 19.0 Å². The first-order valence-corrected chi connectivity index (χ1v) is 8.59. The number of nitrogens with one attached hydrogen (secondary N) is 2. The normalized spacial score (nSPS) is 19.4. The van der Waals surface area contributed by atoms with Gasteiger partial charge in [0, 0.05) is 18.4 Å². The van der Waals surface area contributed by atoms with Crippen LogP contribution in [0.15, 0.2) is 23.1 Å². The third kappa shape index (κ3) is 4.78. The SMILES string of the molecule is CCN1C(=O)C(CCc2cnc[nH]2)SC1=C(C#N)C(=O)NCC(F)(F)F. The van der Waals surface area contributed by atoms with Crippen LogP contribution in [0.2, 0.25) is 0 Å². The minimum Gasteiger partial charge on any atom is -0.348 e. The van der Waals surface area contributed by atoms with Gasteiger partial charge >= 0.3 is 6.18 Å². The van der Waals surface area contributed by atoms with Gasteiger partial charge in [0.15, 0.2) is 0 Å². The van der Waals surface area contributed by atoms with E-state index in [0.717, 1.165) is 17.5 Å². The van der Waals surface area contributed by atoms with Crippen LogP contribution in [0.3, 0.4) is 0 Å². The number of aromatic nitrogens is 2. The molecule has 0 bridgehead atoms. The van der Waals surface area contributed by atoms with Gasteiger partial charge in [-0.25, -0.2) is 4.98 Å². The summed E-state index contributed by atoms with van der Waals surface area (Å²) in [7, 11) is 0. The first-order chi connectivity index (χ1) is 12.3. The third-order valence-electron chi connectivity index (χ3n) is 3.59. The molecule has 1 fully saturated rings. The second-order valence-electron chi connectivity index (χ2n) is 5.39. The first kappa shape index (κ1) is 19.8. The number of carbonyl (C=O) groups is 2. The van der Waals surface area contributed by atoms with Gasteiger partial charge in [-0.3, -0.25) is 9.59 Å². The highest BCUT2D eigenvalue weighted by Crippen LogP contribution is 2.39. The van der Waals surface area contributed by atoms with Crippen LogP contribution in [0.5, 0.6) is 0 Å². The van der Waals surface area contributed by atoms with Crippen molar-refractivity contribution >= 4 is 23.6 Å². The Labute approximate surface area is 151 Å². The monoisotopic (exact) mass is 387 g/mol. The van der Waals surface area contributed by atoms with Crippen molar-refractivity contribution in [2.45, 2.75) is 31.2 Å². The van der Waals surface area contributed by atoms with Gasteiger partial charge < -0.3 is 15.2 Å². The van der Waals surface area contributed by atoms with E-state index in [9.17, 15) is 28.0 Å². The van der Waals surface area contributed by atoms with Crippen molar-refractivity contribution in [2.75, 3.05) is 13.1 Å². The van der Waals surface area contributed by atoms with E-state index in [1.165, 1.54) is 11.2 Å². The number of thioether (sulfide) groups is 1. The number of H-pyrrole nitrogens is 1. The molecule has 0 spiro atoms. The summed E-state index contributed by atoms with van der Waals surface area (Å²) >= 11 is 1.02. The van der Waals surface area contributed by atoms with Crippen molar-refractivity contribution in [1.29, 1.82) is 5.26 Å². The largest absolute Gasteiger partial charge is 0.405 e. The van der Waals surface area contributed by atoms with Crippen LogP contribution in [0.25, 0.3) is 0 Å². The maximum absolute atomic E-state index is 12.5. The molecule has 7 nitrogen and oxygen atoms in total. The van der Waals surface area contributed by atoms with Gasteiger partial charge in [-0.15, -0.1) is 0 Å². The van der Waals surface area contributed by atoms with Gasteiger partial charge in [-0.05, 0) is 19.8 Å². The summed E-state index contributed by atoms with van der Waals surface area (Å²) in [6.07, 6.45) is -0.466. The Morgan fingerprint density at radius 3 is 2.81 bits per heavy atom. The van der Waals surface area contributed by atoms with E-state index < -0.39 is 29.5 Å². The number of aromatic amines is 1. The van der Waals surface area contributed by atoms with E-state index in [4.69, 9.17) is 0 Å². The van der Waals surface area contributed by atoms with Crippen LogP contribution in [-0.4, -0.2) is 51.2 Å². The molecule has 2 amide bonds. The Balaban J connectivity index is 2.16. The fourth-order valence-electron chi connectivity index (χ4n) is 2.37. The van der Waals surface area contributed by atoms with Gasteiger partial charge in [0.2, 0.25) is 5.91 Å². The summed E-state index contributed by atoms with van der Waals surface area (Å²) in [6.45, 7) is 0.329. The Kier molecular flexibility index (Phi) is 6.31. The topological polar surface area (TPSA) is 102 Å². The number of carbonyl (C=O) groups excluding carboxylic acids is 2. The zero-order valence-electron chi connectivity index (χ0n) is 13.8. The van der Waals surface area contributed by atoms with Gasteiger partial charge in [-0.1, -0.05) is 11.8 Å². The van der Waals surface area contributed by atoms with E-state index in [1.807, 2.05) is 0 Å². The average molecular weight is 387 g/mol. The maximum atomic E-state index is 12.5. The highest BCUT2D eigenvalue weighted by molar-refractivity contribution is 8.04. The average Bonchev–Trinajstić information content (AvgIpc) is 3.19. The summed E-state index contributed by atoms with van der Waals surface area (Å²) < 4.78 is 36.8. The Morgan fingerprint density at radius 2 is 2.27 bits per heavy atom. The van der Waals surface area contributed by atoms with Crippen molar-refractivity contribution < 1.29 is 22.8 Å². The van der Waals surface area contributed by atoms with E-state index >= 15 is 0 Å². The lowest BCUT2D eigenvalue weighted by Gasteiger charge is -2.16. The molecule has 0 radical (unpaired) electrons. The van der Waals surface area contributed by atoms with E-state index in [1.54, 1.807) is 24.5 Å². The lowest BCUT2D eigenvalue weighted by atomic mass is 10.2. The molecule has 0 aliphatic carbocycles. The summed E-state index contributed by atoms with van der Waals surface area (Å²) in [5.41, 5.74) is 0.348. The third-order valence-corrected chi connectivity index (χ3v) is 4.96. The Bertz CT molecular complexity index is 739. The minimum atomic E-state index is -4.59. The smallest absolute Gasteiger partial charge is 0.348 e. The predicted octanol–water partition coefficient (Wildman–Crippen LogP) is 1.72. The number of hydrogen-bond donors (Lipinski definition) is 2. The molecule has 2 N–H and O–H groups in total. The molecule has 1 saturated heterocycles. The van der Waals surface area contributed by atoms with Crippen molar-refractivity contribution in [3.63, 3.8) is 0 Å². The lowest BCUT2D eigenvalue weighted by Crippen LogP contribution is -2.36. The zero-order valence-corrected chi connectivity index (χ0v) is 14.6. The van der Waals surface area contributed by atoms with Crippen LogP contribution >= 0.6 is 11.8 Å². The number of rotatable bonds is 6. The molecule has 1 aliphatic heterocycles. The number of hydrogen-bond acceptors (Lipinski definition) is 5. The van der Waals surface area contributed by atoms with Gasteiger partial charge in [0.05, 0.1) is 11.6 Å². The summed E-state index contributed by atoms with van der Waals surface area (Å²) in [5, 5.41) is 10.5. The molecule has 140 valence electrons. The highest BCUT2D eigenvalue weighted by atomic mass is 32.2. The molecule has 1 unspecified atom stereocenters. The molecule has 0 aromatic carbocycles. The summed E-state index contributed by atoms with van der Waals surface area (Å²) in [4.78, 5) is 32.5. The molecular formula is C15H16F3N5O2S. The molecule has 0 saturated carbocycles. The minimum absolute atomic E-state index is 0.0919. The van der Waals surface area contributed by atoms with Crippen molar-refractivity contribution in [2.24, 2.45) is 0 Å². The molecule has 2 heterocycles. The number of nitrogens with zero attached hydrogens (tertiary/aromatic N) is 3. The molecule has 26 heavy (non-hydrogen) atoms. The fourth-order valence-corrected chi connectivity index (χ4v) is 3.71. The van der Waals surface area contributed by atoms with E-state index in [-0.39, 0.29) is 17.5 Å². The molecule has 1 aliphatic rings. The predicted molar refractivity (Wildman–Crippen MR) is 87.4 cm³/mol. The van der Waals surface area contributed by atoms with Gasteiger partial charge in [-0.2, -0.15) is 18.4 Å². The van der Waals surface area contributed by atoms with Crippen molar-refractivity contribution in [1.82, 2.24) is 20.2 Å². The van der Waals surface area contributed by atoms with Crippen LogP contribution in [0.4, 0.5) is 13.2 Å². The Hall–Kier alpha value is -2.48. The van der Waals surface area contributed by atoms with Crippen molar-refractivity contribution in [3.05, 3.63) is 28.8 Å². The zero-order chi connectivity index (χ0) is 19.3. The second-order valence-corrected chi connectivity index (χ2v) is 6.59. The summed E-state index contributed by atoms with van der Waals surface area (Å²) in [5.74, 6) is -1.42. The molecule has 1 atom stereocenters. The fraction of sp³-hybridized carbons (Fsp3) is 0.467. The van der Waals surface area contributed by atoms with Crippen molar-refractivity contribution in [3.8, 4) is 6.07 Å². The standard InChI is InChI=1S/C15H16F3N5O2S/c1-2-23-13(25)11(4-3-9-6-20-8-22-9)26-14(23)10(5-19)12(24)21-7-15(16,17)18/h6,8,11H,2-4,7H2,1H3,(H,20,22)(H,21,24). The molecule has 1 aromatic heterocycles. The number of alkyl halides is 3. The molecular weight excluding hydrogens is 371 g/mol. The van der Waals surface area contributed by atoms with E-state index in [0.29, 0.717) is 12.8 Å². The van der Waals surface area contributed by atoms with Gasteiger partial charge in [0.1, 0.15) is 23.2 Å². The Morgan fingerprint density at radius 1 is 1.54 bits per heavy atom. The molecule has 11 heteroatoms. The lowest BCUT2D eigenvalue weighted by molar-refractivity contribution is -0.136. The number of amides is 2. The quantitative estimate of drug-likeness (QED) is 0.572. The number of imidazole rings is 1. The van der Waals surface area contributed by atoms with Gasteiger partial charge in [0.25, 0.3) is 5.91 Å². The summed E-state index contributed by atoms with van der Waals surface area (Å²) in [6, 6.07) is 1.62. The number of nitriles is 1.